The quantitative estimate of drug-likeness (QED) is 0.626. The highest BCUT2D eigenvalue weighted by Gasteiger charge is 2.14. The van der Waals surface area contributed by atoms with E-state index in [9.17, 15) is 0 Å². The Morgan fingerprint density at radius 1 is 1.00 bits per heavy atom. The molecular formula is C19H20N2S. The van der Waals surface area contributed by atoms with Crippen LogP contribution in [0.4, 0.5) is 0 Å². The molecule has 0 aliphatic carbocycles. The Kier molecular flexibility index (Phi) is 3.83. The van der Waals surface area contributed by atoms with Crippen molar-refractivity contribution >= 4 is 11.3 Å². The molecular weight excluding hydrogens is 288 g/mol. The molecule has 3 heteroatoms. The van der Waals surface area contributed by atoms with Crippen molar-refractivity contribution < 1.29 is 0 Å². The van der Waals surface area contributed by atoms with E-state index >= 15 is 0 Å². The SMILES string of the molecule is Cc1ccncc1-c1csc(-c2ccc(C(C)(C)C)cc2)n1. The summed E-state index contributed by atoms with van der Waals surface area (Å²) in [5.41, 5.74) is 6.01. The van der Waals surface area contributed by atoms with E-state index in [4.69, 9.17) is 4.98 Å². The summed E-state index contributed by atoms with van der Waals surface area (Å²) in [7, 11) is 0. The molecule has 22 heavy (non-hydrogen) atoms. The Labute approximate surface area is 135 Å². The molecule has 2 aromatic heterocycles. The molecule has 0 aliphatic rings. The van der Waals surface area contributed by atoms with Gasteiger partial charge in [0.05, 0.1) is 5.69 Å². The topological polar surface area (TPSA) is 25.8 Å². The molecule has 0 spiro atoms. The highest BCUT2D eigenvalue weighted by molar-refractivity contribution is 7.13. The average Bonchev–Trinajstić information content (AvgIpc) is 2.96. The second-order valence-corrected chi connectivity index (χ2v) is 7.41. The van der Waals surface area contributed by atoms with Crippen molar-refractivity contribution in [3.05, 3.63) is 59.2 Å². The van der Waals surface area contributed by atoms with E-state index in [0.29, 0.717) is 0 Å². The molecule has 0 radical (unpaired) electrons. The molecule has 112 valence electrons. The van der Waals surface area contributed by atoms with Gasteiger partial charge >= 0.3 is 0 Å². The molecule has 3 rings (SSSR count). The van der Waals surface area contributed by atoms with Crippen LogP contribution in [0.3, 0.4) is 0 Å². The van der Waals surface area contributed by atoms with E-state index in [0.717, 1.165) is 16.3 Å². The van der Waals surface area contributed by atoms with Crippen LogP contribution in [0.5, 0.6) is 0 Å². The zero-order chi connectivity index (χ0) is 15.7. The van der Waals surface area contributed by atoms with Crippen molar-refractivity contribution in [3.8, 4) is 21.8 Å². The van der Waals surface area contributed by atoms with Crippen molar-refractivity contribution in [1.29, 1.82) is 0 Å². The van der Waals surface area contributed by atoms with Crippen LogP contribution >= 0.6 is 11.3 Å². The number of nitrogens with zero attached hydrogens (tertiary/aromatic N) is 2. The van der Waals surface area contributed by atoms with Crippen molar-refractivity contribution in [2.45, 2.75) is 33.1 Å². The molecule has 0 aliphatic heterocycles. The van der Waals surface area contributed by atoms with E-state index in [-0.39, 0.29) is 5.41 Å². The lowest BCUT2D eigenvalue weighted by Gasteiger charge is -2.18. The Morgan fingerprint density at radius 3 is 2.36 bits per heavy atom. The number of pyridine rings is 1. The maximum Gasteiger partial charge on any atom is 0.124 e. The summed E-state index contributed by atoms with van der Waals surface area (Å²) in [5, 5.41) is 3.16. The van der Waals surface area contributed by atoms with Crippen LogP contribution in [0, 0.1) is 6.92 Å². The second-order valence-electron chi connectivity index (χ2n) is 6.56. The predicted molar refractivity (Wildman–Crippen MR) is 94.2 cm³/mol. The van der Waals surface area contributed by atoms with Gasteiger partial charge in [0.25, 0.3) is 0 Å². The maximum atomic E-state index is 4.78. The molecule has 2 nitrogen and oxygen atoms in total. The Hall–Kier alpha value is -2.00. The van der Waals surface area contributed by atoms with Crippen LogP contribution in [-0.2, 0) is 5.41 Å². The van der Waals surface area contributed by atoms with Crippen LogP contribution < -0.4 is 0 Å². The van der Waals surface area contributed by atoms with E-state index in [2.05, 4.69) is 62.3 Å². The first kappa shape index (κ1) is 14.9. The van der Waals surface area contributed by atoms with Gasteiger partial charge in [-0.15, -0.1) is 11.3 Å². The molecule has 3 aromatic rings. The first-order valence-electron chi connectivity index (χ1n) is 7.42. The van der Waals surface area contributed by atoms with Gasteiger partial charge in [0, 0.05) is 28.9 Å². The van der Waals surface area contributed by atoms with Gasteiger partial charge in [-0.25, -0.2) is 4.98 Å². The summed E-state index contributed by atoms with van der Waals surface area (Å²) < 4.78 is 0. The van der Waals surface area contributed by atoms with E-state index in [1.54, 1.807) is 11.3 Å². The van der Waals surface area contributed by atoms with Crippen molar-refractivity contribution in [2.75, 3.05) is 0 Å². The van der Waals surface area contributed by atoms with Gasteiger partial charge in [-0.3, -0.25) is 4.98 Å². The summed E-state index contributed by atoms with van der Waals surface area (Å²) in [6.07, 6.45) is 3.70. The minimum Gasteiger partial charge on any atom is -0.264 e. The van der Waals surface area contributed by atoms with Crippen LogP contribution in [-0.4, -0.2) is 9.97 Å². The average molecular weight is 308 g/mol. The minimum absolute atomic E-state index is 0.180. The van der Waals surface area contributed by atoms with Crippen LogP contribution in [0.2, 0.25) is 0 Å². The van der Waals surface area contributed by atoms with Gasteiger partial charge < -0.3 is 0 Å². The molecule has 0 bridgehead atoms. The fraction of sp³-hybridized carbons (Fsp3) is 0.263. The standard InChI is InChI=1S/C19H20N2S/c1-13-9-10-20-11-16(13)17-12-22-18(21-17)14-5-7-15(8-6-14)19(2,3)4/h5-12H,1-4H3. The van der Waals surface area contributed by atoms with Gasteiger partial charge in [0.2, 0.25) is 0 Å². The number of rotatable bonds is 2. The molecule has 0 saturated carbocycles. The van der Waals surface area contributed by atoms with E-state index < -0.39 is 0 Å². The molecule has 0 saturated heterocycles. The van der Waals surface area contributed by atoms with Crippen molar-refractivity contribution in [1.82, 2.24) is 9.97 Å². The van der Waals surface area contributed by atoms with Gasteiger partial charge in [-0.2, -0.15) is 0 Å². The Balaban J connectivity index is 1.93. The molecule has 0 fully saturated rings. The molecule has 0 amide bonds. The van der Waals surface area contributed by atoms with Gasteiger partial charge in [-0.1, -0.05) is 45.0 Å². The summed E-state index contributed by atoms with van der Waals surface area (Å²) in [4.78, 5) is 8.99. The van der Waals surface area contributed by atoms with Crippen LogP contribution in [0.15, 0.2) is 48.1 Å². The number of aryl methyl sites for hydroxylation is 1. The minimum atomic E-state index is 0.180. The third-order valence-corrected chi connectivity index (χ3v) is 4.71. The summed E-state index contributed by atoms with van der Waals surface area (Å²) in [5.74, 6) is 0. The summed E-state index contributed by atoms with van der Waals surface area (Å²) in [6.45, 7) is 8.78. The predicted octanol–water partition coefficient (Wildman–Crippen LogP) is 5.48. The lowest BCUT2D eigenvalue weighted by molar-refractivity contribution is 0.590. The normalized spacial score (nSPS) is 11.6. The Bertz CT molecular complexity index is 780. The third kappa shape index (κ3) is 2.95. The molecule has 0 atom stereocenters. The van der Waals surface area contributed by atoms with Crippen molar-refractivity contribution in [2.24, 2.45) is 0 Å². The number of benzene rings is 1. The van der Waals surface area contributed by atoms with Gasteiger partial charge in [0.15, 0.2) is 0 Å². The fourth-order valence-corrected chi connectivity index (χ4v) is 3.20. The lowest BCUT2D eigenvalue weighted by Crippen LogP contribution is -2.10. The zero-order valence-electron chi connectivity index (χ0n) is 13.4. The summed E-state index contributed by atoms with van der Waals surface area (Å²) in [6, 6.07) is 10.8. The molecule has 0 N–H and O–H groups in total. The van der Waals surface area contributed by atoms with Gasteiger partial charge in [0.1, 0.15) is 5.01 Å². The molecule has 2 heterocycles. The van der Waals surface area contributed by atoms with E-state index in [1.165, 1.54) is 16.7 Å². The monoisotopic (exact) mass is 308 g/mol. The molecule has 1 aromatic carbocycles. The lowest BCUT2D eigenvalue weighted by atomic mass is 9.87. The number of thiazole rings is 1. The number of hydrogen-bond acceptors (Lipinski definition) is 3. The third-order valence-electron chi connectivity index (χ3n) is 3.82. The fourth-order valence-electron chi connectivity index (χ4n) is 2.37. The first-order valence-corrected chi connectivity index (χ1v) is 8.30. The highest BCUT2D eigenvalue weighted by atomic mass is 32.1. The van der Waals surface area contributed by atoms with E-state index in [1.807, 2.05) is 18.5 Å². The Morgan fingerprint density at radius 2 is 1.73 bits per heavy atom. The number of hydrogen-bond donors (Lipinski definition) is 0. The molecule has 0 unspecified atom stereocenters. The van der Waals surface area contributed by atoms with Crippen LogP contribution in [0.1, 0.15) is 31.9 Å². The van der Waals surface area contributed by atoms with Crippen molar-refractivity contribution in [3.63, 3.8) is 0 Å². The highest BCUT2D eigenvalue weighted by Crippen LogP contribution is 2.31. The number of aromatic nitrogens is 2. The van der Waals surface area contributed by atoms with Gasteiger partial charge in [-0.05, 0) is 29.5 Å². The second kappa shape index (κ2) is 5.65. The summed E-state index contributed by atoms with van der Waals surface area (Å²) >= 11 is 1.68. The first-order chi connectivity index (χ1) is 10.4. The zero-order valence-corrected chi connectivity index (χ0v) is 14.2. The maximum absolute atomic E-state index is 4.78. The smallest absolute Gasteiger partial charge is 0.124 e. The van der Waals surface area contributed by atoms with Crippen LogP contribution in [0.25, 0.3) is 21.8 Å². The largest absolute Gasteiger partial charge is 0.264 e.